The van der Waals surface area contributed by atoms with E-state index in [-0.39, 0.29) is 11.5 Å². The summed E-state index contributed by atoms with van der Waals surface area (Å²) in [6, 6.07) is 16.7. The lowest BCUT2D eigenvalue weighted by Gasteiger charge is -2.29. The topological polar surface area (TPSA) is 24.1 Å². The molecule has 0 aliphatic heterocycles. The molecule has 0 bridgehead atoms. The maximum atomic E-state index is 6.15. The van der Waals surface area contributed by atoms with E-state index in [2.05, 4.69) is 55.7 Å². The normalized spacial score (nSPS) is 12.5. The summed E-state index contributed by atoms with van der Waals surface area (Å²) in [7, 11) is 0. The Hall–Kier alpha value is -1.58. The quantitative estimate of drug-likeness (QED) is 0.669. The highest BCUT2D eigenvalue weighted by atomic mass is 35.5. The molecule has 0 saturated carbocycles. The standard InChI is InChI=1S/C20H25ClN2S/c1-14-10-11-17(12-18(14)21)23-19(24)22-15(2)13-20(3,4)16-8-6-5-7-9-16/h5-12,15H,13H2,1-4H3,(H2,22,23,24)/t15-/m1/s1. The zero-order valence-electron chi connectivity index (χ0n) is 14.7. The lowest BCUT2D eigenvalue weighted by atomic mass is 9.79. The van der Waals surface area contributed by atoms with Crippen molar-refractivity contribution in [3.05, 3.63) is 64.7 Å². The maximum Gasteiger partial charge on any atom is 0.170 e. The van der Waals surface area contributed by atoms with E-state index < -0.39 is 0 Å². The Morgan fingerprint density at radius 1 is 1.17 bits per heavy atom. The van der Waals surface area contributed by atoms with Gasteiger partial charge in [0.05, 0.1) is 0 Å². The Morgan fingerprint density at radius 2 is 1.83 bits per heavy atom. The summed E-state index contributed by atoms with van der Waals surface area (Å²) in [4.78, 5) is 0. The molecule has 0 aliphatic rings. The van der Waals surface area contributed by atoms with Crippen molar-refractivity contribution in [2.75, 3.05) is 5.32 Å². The molecule has 2 aromatic carbocycles. The van der Waals surface area contributed by atoms with Crippen LogP contribution in [0, 0.1) is 6.92 Å². The monoisotopic (exact) mass is 360 g/mol. The van der Waals surface area contributed by atoms with Crippen LogP contribution < -0.4 is 10.6 Å². The zero-order valence-corrected chi connectivity index (χ0v) is 16.3. The first-order valence-corrected chi connectivity index (χ1v) is 8.96. The molecule has 2 N–H and O–H groups in total. The van der Waals surface area contributed by atoms with Crippen molar-refractivity contribution >= 4 is 34.6 Å². The van der Waals surface area contributed by atoms with E-state index in [9.17, 15) is 0 Å². The minimum Gasteiger partial charge on any atom is -0.360 e. The van der Waals surface area contributed by atoms with E-state index in [1.54, 1.807) is 0 Å². The number of rotatable bonds is 5. The highest BCUT2D eigenvalue weighted by Crippen LogP contribution is 2.28. The summed E-state index contributed by atoms with van der Waals surface area (Å²) >= 11 is 11.6. The predicted octanol–water partition coefficient (Wildman–Crippen LogP) is 5.69. The number of anilines is 1. The van der Waals surface area contributed by atoms with Gasteiger partial charge in [-0.15, -0.1) is 0 Å². The van der Waals surface area contributed by atoms with Crippen molar-refractivity contribution in [3.8, 4) is 0 Å². The molecule has 2 rings (SSSR count). The summed E-state index contributed by atoms with van der Waals surface area (Å²) in [5, 5.41) is 7.92. The van der Waals surface area contributed by atoms with Gasteiger partial charge in [0.2, 0.25) is 0 Å². The molecular weight excluding hydrogens is 336 g/mol. The molecule has 0 aliphatic carbocycles. The minimum atomic E-state index is 0.0798. The second-order valence-corrected chi connectivity index (χ2v) is 7.73. The van der Waals surface area contributed by atoms with Gasteiger partial charge in [-0.2, -0.15) is 0 Å². The Balaban J connectivity index is 1.92. The van der Waals surface area contributed by atoms with Crippen LogP contribution in [0.25, 0.3) is 0 Å². The first-order valence-electron chi connectivity index (χ1n) is 8.17. The molecule has 0 saturated heterocycles. The first-order chi connectivity index (χ1) is 11.3. The van der Waals surface area contributed by atoms with Crippen LogP contribution in [0.2, 0.25) is 5.02 Å². The molecule has 2 nitrogen and oxygen atoms in total. The van der Waals surface area contributed by atoms with Gasteiger partial charge in [0.15, 0.2) is 5.11 Å². The van der Waals surface area contributed by atoms with E-state index in [0.29, 0.717) is 5.11 Å². The number of halogens is 1. The fourth-order valence-electron chi connectivity index (χ4n) is 2.89. The molecule has 1 atom stereocenters. The fourth-order valence-corrected chi connectivity index (χ4v) is 3.38. The van der Waals surface area contributed by atoms with Gasteiger partial charge in [-0.25, -0.2) is 0 Å². The number of hydrogen-bond acceptors (Lipinski definition) is 1. The summed E-state index contributed by atoms with van der Waals surface area (Å²) in [5.74, 6) is 0. The molecule has 0 heterocycles. The molecule has 0 fully saturated rings. The summed E-state index contributed by atoms with van der Waals surface area (Å²) < 4.78 is 0. The number of thiocarbonyl (C=S) groups is 1. The molecule has 24 heavy (non-hydrogen) atoms. The van der Waals surface area contributed by atoms with E-state index in [4.69, 9.17) is 23.8 Å². The van der Waals surface area contributed by atoms with E-state index in [1.165, 1.54) is 5.56 Å². The third-order valence-electron chi connectivity index (χ3n) is 4.18. The third kappa shape index (κ3) is 5.22. The minimum absolute atomic E-state index is 0.0798. The van der Waals surface area contributed by atoms with Crippen LogP contribution in [0.15, 0.2) is 48.5 Å². The van der Waals surface area contributed by atoms with Gasteiger partial charge in [0.1, 0.15) is 0 Å². The molecule has 0 spiro atoms. The third-order valence-corrected chi connectivity index (χ3v) is 4.81. The lowest BCUT2D eigenvalue weighted by molar-refractivity contribution is 0.420. The molecule has 4 heteroatoms. The second kappa shape index (κ2) is 8.00. The molecule has 0 aromatic heterocycles. The first kappa shape index (κ1) is 18.8. The van der Waals surface area contributed by atoms with Crippen molar-refractivity contribution in [1.29, 1.82) is 0 Å². The number of hydrogen-bond donors (Lipinski definition) is 2. The van der Waals surface area contributed by atoms with E-state index in [1.807, 2.05) is 31.2 Å². The lowest BCUT2D eigenvalue weighted by Crippen LogP contribution is -2.39. The van der Waals surface area contributed by atoms with Crippen LogP contribution >= 0.6 is 23.8 Å². The molecule has 0 unspecified atom stereocenters. The summed E-state index contributed by atoms with van der Waals surface area (Å²) in [6.07, 6.45) is 0.980. The Bertz CT molecular complexity index is 698. The smallest absolute Gasteiger partial charge is 0.170 e. The van der Waals surface area contributed by atoms with E-state index in [0.717, 1.165) is 22.7 Å². The molecule has 2 aromatic rings. The average molecular weight is 361 g/mol. The highest BCUT2D eigenvalue weighted by Gasteiger charge is 2.23. The second-order valence-electron chi connectivity index (χ2n) is 6.92. The predicted molar refractivity (Wildman–Crippen MR) is 109 cm³/mol. The van der Waals surface area contributed by atoms with Crippen LogP contribution in [0.3, 0.4) is 0 Å². The SMILES string of the molecule is Cc1ccc(NC(=S)N[C@H](C)CC(C)(C)c2ccccc2)cc1Cl. The Labute approximate surface area is 155 Å². The largest absolute Gasteiger partial charge is 0.360 e. The van der Waals surface area contributed by atoms with E-state index >= 15 is 0 Å². The van der Waals surface area contributed by atoms with Gasteiger partial charge in [0, 0.05) is 16.8 Å². The number of nitrogens with one attached hydrogen (secondary N) is 2. The summed E-state index contributed by atoms with van der Waals surface area (Å²) in [5.41, 5.74) is 3.37. The van der Waals surface area contributed by atoms with Crippen molar-refractivity contribution in [2.45, 2.75) is 45.6 Å². The average Bonchev–Trinajstić information content (AvgIpc) is 2.51. The molecule has 0 radical (unpaired) electrons. The fraction of sp³-hybridized carbons (Fsp3) is 0.350. The van der Waals surface area contributed by atoms with Gasteiger partial charge in [-0.05, 0) is 61.2 Å². The van der Waals surface area contributed by atoms with Gasteiger partial charge in [-0.3, -0.25) is 0 Å². The number of aryl methyl sites for hydroxylation is 1. The van der Waals surface area contributed by atoms with Gasteiger partial charge < -0.3 is 10.6 Å². The van der Waals surface area contributed by atoms with Gasteiger partial charge >= 0.3 is 0 Å². The van der Waals surface area contributed by atoms with Crippen LogP contribution in [-0.2, 0) is 5.41 Å². The van der Waals surface area contributed by atoms with Crippen LogP contribution in [0.5, 0.6) is 0 Å². The van der Waals surface area contributed by atoms with Crippen LogP contribution in [0.4, 0.5) is 5.69 Å². The van der Waals surface area contributed by atoms with Crippen molar-refractivity contribution in [1.82, 2.24) is 5.32 Å². The molecule has 128 valence electrons. The van der Waals surface area contributed by atoms with Crippen molar-refractivity contribution in [3.63, 3.8) is 0 Å². The number of benzene rings is 2. The van der Waals surface area contributed by atoms with Crippen LogP contribution in [-0.4, -0.2) is 11.2 Å². The zero-order chi connectivity index (χ0) is 17.7. The van der Waals surface area contributed by atoms with Crippen molar-refractivity contribution < 1.29 is 0 Å². The molecular formula is C20H25ClN2S. The van der Waals surface area contributed by atoms with Crippen LogP contribution in [0.1, 0.15) is 38.3 Å². The maximum absolute atomic E-state index is 6.15. The Kier molecular flexibility index (Phi) is 6.25. The van der Waals surface area contributed by atoms with Gasteiger partial charge in [-0.1, -0.05) is 61.8 Å². The summed E-state index contributed by atoms with van der Waals surface area (Å²) in [6.45, 7) is 8.66. The molecule has 0 amide bonds. The Morgan fingerprint density at radius 3 is 2.46 bits per heavy atom. The van der Waals surface area contributed by atoms with Crippen molar-refractivity contribution in [2.24, 2.45) is 0 Å². The highest BCUT2D eigenvalue weighted by molar-refractivity contribution is 7.80. The van der Waals surface area contributed by atoms with Gasteiger partial charge in [0.25, 0.3) is 0 Å².